The molecule has 0 aliphatic rings. The molecule has 0 aliphatic heterocycles. The molecule has 1 N–H and O–H groups in total. The van der Waals surface area contributed by atoms with Crippen LogP contribution in [-0.4, -0.2) is 34.5 Å². The van der Waals surface area contributed by atoms with E-state index < -0.39 is 28.7 Å². The van der Waals surface area contributed by atoms with Gasteiger partial charge in [-0.05, 0) is 35.4 Å². The summed E-state index contributed by atoms with van der Waals surface area (Å²) < 4.78 is 26.1. The van der Waals surface area contributed by atoms with Gasteiger partial charge in [-0.2, -0.15) is 9.78 Å². The van der Waals surface area contributed by atoms with Crippen LogP contribution >= 0.6 is 0 Å². The predicted octanol–water partition coefficient (Wildman–Crippen LogP) is 2.53. The third-order valence-corrected chi connectivity index (χ3v) is 5.41. The summed E-state index contributed by atoms with van der Waals surface area (Å²) in [4.78, 5) is 39.6. The second-order valence-electron chi connectivity index (χ2n) is 7.77. The van der Waals surface area contributed by atoms with Crippen molar-refractivity contribution < 1.29 is 18.7 Å². The predicted molar refractivity (Wildman–Crippen MR) is 130 cm³/mol. The number of hydrogen-bond donors (Lipinski definition) is 1. The number of benzene rings is 3. The molecule has 1 amide bonds. The summed E-state index contributed by atoms with van der Waals surface area (Å²) in [6, 6.07) is 19.2. The zero-order valence-corrected chi connectivity index (χ0v) is 19.6. The van der Waals surface area contributed by atoms with Crippen molar-refractivity contribution in [3.63, 3.8) is 0 Å². The summed E-state index contributed by atoms with van der Waals surface area (Å²) in [7, 11) is 2.90. The average molecular weight is 490 g/mol. The Morgan fingerprint density at radius 3 is 2.33 bits per heavy atom. The molecule has 1 heterocycles. The van der Waals surface area contributed by atoms with E-state index in [9.17, 15) is 18.8 Å². The smallest absolute Gasteiger partial charge is 0.352 e. The molecule has 9 nitrogen and oxygen atoms in total. The molecule has 0 saturated heterocycles. The van der Waals surface area contributed by atoms with Crippen LogP contribution in [0.3, 0.4) is 0 Å². The van der Waals surface area contributed by atoms with Crippen molar-refractivity contribution in [1.82, 2.24) is 19.7 Å². The monoisotopic (exact) mass is 490 g/mol. The number of amides is 1. The van der Waals surface area contributed by atoms with Gasteiger partial charge in [-0.3, -0.25) is 14.2 Å². The lowest BCUT2D eigenvalue weighted by Gasteiger charge is -2.14. The molecule has 0 spiro atoms. The largest absolute Gasteiger partial charge is 0.493 e. The van der Waals surface area contributed by atoms with Crippen molar-refractivity contribution in [2.45, 2.75) is 13.1 Å². The number of rotatable bonds is 8. The van der Waals surface area contributed by atoms with Crippen LogP contribution in [0, 0.1) is 5.82 Å². The minimum Gasteiger partial charge on any atom is -0.493 e. The van der Waals surface area contributed by atoms with Crippen molar-refractivity contribution in [1.29, 1.82) is 0 Å². The lowest BCUT2D eigenvalue weighted by atomic mass is 10.2. The van der Waals surface area contributed by atoms with Gasteiger partial charge in [-0.1, -0.05) is 42.5 Å². The molecule has 184 valence electrons. The first-order valence-corrected chi connectivity index (χ1v) is 10.9. The first kappa shape index (κ1) is 24.4. The van der Waals surface area contributed by atoms with Crippen molar-refractivity contribution in [2.75, 3.05) is 14.2 Å². The summed E-state index contributed by atoms with van der Waals surface area (Å²) in [6.45, 7) is -0.107. The van der Waals surface area contributed by atoms with Gasteiger partial charge in [0.05, 0.1) is 26.5 Å². The van der Waals surface area contributed by atoms with Gasteiger partial charge in [0.25, 0.3) is 11.5 Å². The molecule has 4 rings (SSSR count). The number of ether oxygens (including phenoxy) is 2. The maximum absolute atomic E-state index is 13.8. The Hall–Kier alpha value is -4.73. The second kappa shape index (κ2) is 10.7. The maximum atomic E-state index is 13.8. The molecule has 4 aromatic rings. The van der Waals surface area contributed by atoms with Crippen LogP contribution in [0.25, 0.3) is 5.69 Å². The molecule has 1 aromatic heterocycles. The van der Waals surface area contributed by atoms with Crippen LogP contribution in [0.2, 0.25) is 0 Å². The number of carbonyl (C=O) groups is 1. The molecule has 0 aliphatic carbocycles. The summed E-state index contributed by atoms with van der Waals surface area (Å²) in [5.41, 5.74) is -0.767. The highest BCUT2D eigenvalue weighted by Crippen LogP contribution is 2.28. The Labute approximate surface area is 205 Å². The quantitative estimate of drug-likeness (QED) is 0.407. The van der Waals surface area contributed by atoms with Crippen LogP contribution in [0.4, 0.5) is 4.39 Å². The van der Waals surface area contributed by atoms with Gasteiger partial charge in [0.1, 0.15) is 5.82 Å². The third kappa shape index (κ3) is 5.17. The number of nitrogens with one attached hydrogen (secondary N) is 1. The zero-order chi connectivity index (χ0) is 25.7. The van der Waals surface area contributed by atoms with E-state index >= 15 is 0 Å². The van der Waals surface area contributed by atoms with E-state index in [1.807, 2.05) is 30.3 Å². The molecule has 3 aromatic carbocycles. The van der Waals surface area contributed by atoms with Gasteiger partial charge in [0.15, 0.2) is 11.5 Å². The number of carbonyl (C=O) groups excluding carboxylic acids is 1. The summed E-state index contributed by atoms with van der Waals surface area (Å²) in [5.74, 6) is -0.536. The maximum Gasteiger partial charge on any atom is 0.352 e. The van der Waals surface area contributed by atoms with Crippen molar-refractivity contribution in [3.8, 4) is 17.2 Å². The van der Waals surface area contributed by atoms with Crippen molar-refractivity contribution in [2.24, 2.45) is 0 Å². The molecule has 0 fully saturated rings. The molecule has 0 bridgehead atoms. The van der Waals surface area contributed by atoms with Crippen LogP contribution in [-0.2, 0) is 13.1 Å². The number of aromatic nitrogens is 3. The second-order valence-corrected chi connectivity index (χ2v) is 7.77. The first-order chi connectivity index (χ1) is 17.4. The van der Waals surface area contributed by atoms with Gasteiger partial charge >= 0.3 is 5.69 Å². The molecule has 0 radical (unpaired) electrons. The molecule has 36 heavy (non-hydrogen) atoms. The highest BCUT2D eigenvalue weighted by molar-refractivity contribution is 5.91. The van der Waals surface area contributed by atoms with Gasteiger partial charge in [-0.15, -0.1) is 0 Å². The molecular weight excluding hydrogens is 467 g/mol. The van der Waals surface area contributed by atoms with E-state index in [1.54, 1.807) is 18.2 Å². The standard InChI is InChI=1S/C26H23FN4O5/c1-35-21-12-11-20(14-22(21)36-2)31-26(34)30(16-18-9-6-10-19(27)13-18)25(33)23(29-31)24(32)28-15-17-7-4-3-5-8-17/h3-14H,15-16H2,1-2H3,(H,28,32). The molecule has 0 unspecified atom stereocenters. The van der Waals surface area contributed by atoms with Gasteiger partial charge in [-0.25, -0.2) is 9.18 Å². The lowest BCUT2D eigenvalue weighted by Crippen LogP contribution is -2.46. The first-order valence-electron chi connectivity index (χ1n) is 10.9. The van der Waals surface area contributed by atoms with Gasteiger partial charge in [0, 0.05) is 12.6 Å². The number of nitrogens with zero attached hydrogens (tertiary/aromatic N) is 3. The lowest BCUT2D eigenvalue weighted by molar-refractivity contribution is 0.0941. The zero-order valence-electron chi connectivity index (χ0n) is 19.6. The molecule has 0 saturated carbocycles. The molecule has 10 heteroatoms. The summed E-state index contributed by atoms with van der Waals surface area (Å²) in [5, 5.41) is 6.75. The van der Waals surface area contributed by atoms with E-state index in [0.717, 1.165) is 14.8 Å². The van der Waals surface area contributed by atoms with Crippen LogP contribution in [0.15, 0.2) is 82.4 Å². The summed E-state index contributed by atoms with van der Waals surface area (Å²) >= 11 is 0. The Bertz CT molecular complexity index is 1520. The van der Waals surface area contributed by atoms with Crippen LogP contribution in [0.1, 0.15) is 21.6 Å². The van der Waals surface area contributed by atoms with E-state index in [1.165, 1.54) is 38.5 Å². The Balaban J connectivity index is 1.82. The van der Waals surface area contributed by atoms with E-state index in [-0.39, 0.29) is 18.8 Å². The fraction of sp³-hybridized carbons (Fsp3) is 0.154. The summed E-state index contributed by atoms with van der Waals surface area (Å²) in [6.07, 6.45) is 0. The number of hydrogen-bond acceptors (Lipinski definition) is 6. The highest BCUT2D eigenvalue weighted by Gasteiger charge is 2.21. The number of methoxy groups -OCH3 is 2. The van der Waals surface area contributed by atoms with Gasteiger partial charge in [0.2, 0.25) is 5.69 Å². The van der Waals surface area contributed by atoms with E-state index in [0.29, 0.717) is 17.1 Å². The van der Waals surface area contributed by atoms with Crippen LogP contribution in [0.5, 0.6) is 11.5 Å². The Kier molecular flexibility index (Phi) is 7.24. The SMILES string of the molecule is COc1ccc(-n2nc(C(=O)NCc3ccccc3)c(=O)n(Cc3cccc(F)c3)c2=O)cc1OC. The Morgan fingerprint density at radius 1 is 0.917 bits per heavy atom. The highest BCUT2D eigenvalue weighted by atomic mass is 19.1. The minimum absolute atomic E-state index is 0.153. The van der Waals surface area contributed by atoms with E-state index in [2.05, 4.69) is 10.4 Å². The third-order valence-electron chi connectivity index (χ3n) is 5.41. The fourth-order valence-electron chi connectivity index (χ4n) is 3.60. The van der Waals surface area contributed by atoms with Gasteiger partial charge < -0.3 is 14.8 Å². The Morgan fingerprint density at radius 2 is 1.64 bits per heavy atom. The topological polar surface area (TPSA) is 104 Å². The molecule has 0 atom stereocenters. The van der Waals surface area contributed by atoms with E-state index in [4.69, 9.17) is 9.47 Å². The van der Waals surface area contributed by atoms with Crippen molar-refractivity contribution in [3.05, 3.63) is 116 Å². The average Bonchev–Trinajstić information content (AvgIpc) is 2.90. The number of halogens is 1. The fourth-order valence-corrected chi connectivity index (χ4v) is 3.60. The normalized spacial score (nSPS) is 10.6. The minimum atomic E-state index is -0.897. The molecular formula is C26H23FN4O5. The van der Waals surface area contributed by atoms with Crippen molar-refractivity contribution >= 4 is 5.91 Å². The van der Waals surface area contributed by atoms with Crippen LogP contribution < -0.4 is 26.0 Å².